The minimum Gasteiger partial charge on any atom is -0.497 e. The summed E-state index contributed by atoms with van der Waals surface area (Å²) in [5.41, 5.74) is 2.66. The number of anilines is 2. The fourth-order valence-electron chi connectivity index (χ4n) is 2.84. The molecule has 0 atom stereocenters. The summed E-state index contributed by atoms with van der Waals surface area (Å²) in [5, 5.41) is 6.73. The van der Waals surface area contributed by atoms with Crippen LogP contribution in [0.15, 0.2) is 66.7 Å². The number of amides is 1. The Morgan fingerprint density at radius 1 is 0.903 bits per heavy atom. The van der Waals surface area contributed by atoms with E-state index in [4.69, 9.17) is 25.8 Å². The molecule has 3 aromatic carbocycles. The van der Waals surface area contributed by atoms with E-state index in [1.54, 1.807) is 31.4 Å². The Kier molecular flexibility index (Phi) is 8.01. The molecule has 0 bridgehead atoms. The molecule has 7 heteroatoms. The van der Waals surface area contributed by atoms with Gasteiger partial charge in [0.05, 0.1) is 13.7 Å². The zero-order valence-corrected chi connectivity index (χ0v) is 18.2. The number of rotatable bonds is 10. The zero-order chi connectivity index (χ0) is 22.1. The fourth-order valence-corrected chi connectivity index (χ4v) is 2.96. The molecule has 2 N–H and O–H groups in total. The zero-order valence-electron chi connectivity index (χ0n) is 17.5. The van der Waals surface area contributed by atoms with Crippen LogP contribution in [0.2, 0.25) is 5.02 Å². The molecule has 0 heterocycles. The van der Waals surface area contributed by atoms with Gasteiger partial charge >= 0.3 is 0 Å². The SMILES string of the molecule is CCOc1cc(CNc2ccc(OC)cc2)ccc1OCC(=O)Nc1ccc(Cl)cc1. The molecule has 3 rings (SSSR count). The molecular formula is C24H25ClN2O4. The highest BCUT2D eigenvalue weighted by Crippen LogP contribution is 2.29. The van der Waals surface area contributed by atoms with Crippen molar-refractivity contribution in [3.63, 3.8) is 0 Å². The van der Waals surface area contributed by atoms with Crippen LogP contribution in [0, 0.1) is 0 Å². The standard InChI is InChI=1S/C24H25ClN2O4/c1-3-30-23-14-17(15-26-19-9-11-21(29-2)12-10-19)4-13-22(23)31-16-24(28)27-20-7-5-18(25)6-8-20/h4-14,26H,3,15-16H2,1-2H3,(H,27,28). The second kappa shape index (κ2) is 11.1. The second-order valence-electron chi connectivity index (χ2n) is 6.64. The second-order valence-corrected chi connectivity index (χ2v) is 7.08. The number of methoxy groups -OCH3 is 1. The molecule has 1 amide bonds. The van der Waals surface area contributed by atoms with Crippen molar-refractivity contribution < 1.29 is 19.0 Å². The molecule has 0 aliphatic rings. The summed E-state index contributed by atoms with van der Waals surface area (Å²) in [6, 6.07) is 20.3. The smallest absolute Gasteiger partial charge is 0.262 e. The predicted molar refractivity (Wildman–Crippen MR) is 124 cm³/mol. The lowest BCUT2D eigenvalue weighted by atomic mass is 10.2. The Morgan fingerprint density at radius 3 is 2.29 bits per heavy atom. The first-order valence-corrected chi connectivity index (χ1v) is 10.3. The summed E-state index contributed by atoms with van der Waals surface area (Å²) in [6.45, 7) is 2.87. The first-order chi connectivity index (χ1) is 15.1. The maximum Gasteiger partial charge on any atom is 0.262 e. The van der Waals surface area contributed by atoms with Crippen LogP contribution in [0.1, 0.15) is 12.5 Å². The minimum atomic E-state index is -0.269. The van der Waals surface area contributed by atoms with Gasteiger partial charge in [0, 0.05) is 22.9 Å². The van der Waals surface area contributed by atoms with Crippen LogP contribution in [0.25, 0.3) is 0 Å². The molecule has 162 valence electrons. The predicted octanol–water partition coefficient (Wildman–Crippen LogP) is 5.38. The van der Waals surface area contributed by atoms with Crippen molar-refractivity contribution in [2.75, 3.05) is 31.0 Å². The molecule has 6 nitrogen and oxygen atoms in total. The van der Waals surface area contributed by atoms with Gasteiger partial charge in [0.25, 0.3) is 5.91 Å². The van der Waals surface area contributed by atoms with Gasteiger partial charge in [0.1, 0.15) is 5.75 Å². The van der Waals surface area contributed by atoms with Gasteiger partial charge in [0.2, 0.25) is 0 Å². The van der Waals surface area contributed by atoms with Crippen molar-refractivity contribution in [1.82, 2.24) is 0 Å². The molecule has 0 radical (unpaired) electrons. The quantitative estimate of drug-likeness (QED) is 0.443. The third-order valence-electron chi connectivity index (χ3n) is 4.38. The van der Waals surface area contributed by atoms with Crippen molar-refractivity contribution in [2.45, 2.75) is 13.5 Å². The van der Waals surface area contributed by atoms with E-state index in [9.17, 15) is 4.79 Å². The van der Waals surface area contributed by atoms with E-state index in [0.717, 1.165) is 17.0 Å². The van der Waals surface area contributed by atoms with Crippen molar-refractivity contribution in [3.05, 3.63) is 77.3 Å². The summed E-state index contributed by atoms with van der Waals surface area (Å²) >= 11 is 5.86. The Balaban J connectivity index is 1.58. The summed E-state index contributed by atoms with van der Waals surface area (Å²) in [7, 11) is 1.64. The normalized spacial score (nSPS) is 10.3. The fraction of sp³-hybridized carbons (Fsp3) is 0.208. The average Bonchev–Trinajstić information content (AvgIpc) is 2.79. The van der Waals surface area contributed by atoms with E-state index >= 15 is 0 Å². The van der Waals surface area contributed by atoms with Gasteiger partial charge in [-0.2, -0.15) is 0 Å². The molecule has 0 saturated carbocycles. The lowest BCUT2D eigenvalue weighted by Crippen LogP contribution is -2.20. The van der Waals surface area contributed by atoms with E-state index in [2.05, 4.69) is 10.6 Å². The van der Waals surface area contributed by atoms with Gasteiger partial charge in [-0.3, -0.25) is 4.79 Å². The van der Waals surface area contributed by atoms with E-state index in [-0.39, 0.29) is 12.5 Å². The summed E-state index contributed by atoms with van der Waals surface area (Å²) in [6.07, 6.45) is 0. The number of halogens is 1. The lowest BCUT2D eigenvalue weighted by molar-refractivity contribution is -0.118. The van der Waals surface area contributed by atoms with Crippen LogP contribution in [0.3, 0.4) is 0 Å². The Morgan fingerprint density at radius 2 is 1.61 bits per heavy atom. The highest BCUT2D eigenvalue weighted by Gasteiger charge is 2.10. The molecule has 0 aromatic heterocycles. The Hall–Kier alpha value is -3.38. The van der Waals surface area contributed by atoms with Crippen LogP contribution in [0.4, 0.5) is 11.4 Å². The van der Waals surface area contributed by atoms with Gasteiger partial charge in [-0.05, 0) is 73.2 Å². The van der Waals surface area contributed by atoms with Gasteiger partial charge in [-0.25, -0.2) is 0 Å². The van der Waals surface area contributed by atoms with E-state index in [1.165, 1.54) is 0 Å². The Bertz CT molecular complexity index is 991. The number of carbonyl (C=O) groups is 1. The highest BCUT2D eigenvalue weighted by molar-refractivity contribution is 6.30. The third kappa shape index (κ3) is 6.83. The van der Waals surface area contributed by atoms with Crippen LogP contribution >= 0.6 is 11.6 Å². The monoisotopic (exact) mass is 440 g/mol. The maximum absolute atomic E-state index is 12.2. The average molecular weight is 441 g/mol. The Labute approximate surface area is 187 Å². The third-order valence-corrected chi connectivity index (χ3v) is 4.63. The summed E-state index contributed by atoms with van der Waals surface area (Å²) in [4.78, 5) is 12.2. The highest BCUT2D eigenvalue weighted by atomic mass is 35.5. The topological polar surface area (TPSA) is 68.8 Å². The van der Waals surface area contributed by atoms with Crippen LogP contribution < -0.4 is 24.8 Å². The summed E-state index contributed by atoms with van der Waals surface area (Å²) < 4.78 is 16.6. The number of benzene rings is 3. The van der Waals surface area contributed by atoms with Crippen LogP contribution in [0.5, 0.6) is 17.2 Å². The lowest BCUT2D eigenvalue weighted by Gasteiger charge is -2.14. The first kappa shape index (κ1) is 22.3. The van der Waals surface area contributed by atoms with Crippen molar-refractivity contribution >= 4 is 28.9 Å². The molecule has 0 unspecified atom stereocenters. The molecule has 0 fully saturated rings. The number of ether oxygens (including phenoxy) is 3. The van der Waals surface area contributed by atoms with E-state index in [1.807, 2.05) is 49.4 Å². The van der Waals surface area contributed by atoms with Crippen molar-refractivity contribution in [1.29, 1.82) is 0 Å². The van der Waals surface area contributed by atoms with Crippen molar-refractivity contribution in [2.24, 2.45) is 0 Å². The number of nitrogens with one attached hydrogen (secondary N) is 2. The van der Waals surface area contributed by atoms with Crippen molar-refractivity contribution in [3.8, 4) is 17.2 Å². The number of hydrogen-bond acceptors (Lipinski definition) is 5. The first-order valence-electron chi connectivity index (χ1n) is 9.89. The van der Waals surface area contributed by atoms with E-state index < -0.39 is 0 Å². The van der Waals surface area contributed by atoms with Gasteiger partial charge < -0.3 is 24.8 Å². The maximum atomic E-state index is 12.2. The van der Waals surface area contributed by atoms with E-state index in [0.29, 0.717) is 35.4 Å². The van der Waals surface area contributed by atoms with Gasteiger partial charge in [-0.15, -0.1) is 0 Å². The van der Waals surface area contributed by atoms with Crippen LogP contribution in [-0.4, -0.2) is 26.2 Å². The molecule has 0 saturated heterocycles. The molecule has 0 aliphatic carbocycles. The van der Waals surface area contributed by atoms with Crippen LogP contribution in [-0.2, 0) is 11.3 Å². The summed E-state index contributed by atoms with van der Waals surface area (Å²) in [5.74, 6) is 1.65. The largest absolute Gasteiger partial charge is 0.497 e. The molecule has 0 spiro atoms. The molecule has 3 aromatic rings. The van der Waals surface area contributed by atoms with Gasteiger partial charge in [0.15, 0.2) is 18.1 Å². The minimum absolute atomic E-state index is 0.133. The van der Waals surface area contributed by atoms with Gasteiger partial charge in [-0.1, -0.05) is 17.7 Å². The molecule has 31 heavy (non-hydrogen) atoms. The number of hydrogen-bond donors (Lipinski definition) is 2. The number of carbonyl (C=O) groups excluding carboxylic acids is 1. The molecule has 0 aliphatic heterocycles. The molecular weight excluding hydrogens is 416 g/mol.